The van der Waals surface area contributed by atoms with Gasteiger partial charge in [0.2, 0.25) is 0 Å². The van der Waals surface area contributed by atoms with Gasteiger partial charge in [-0.25, -0.2) is 0 Å². The molecule has 1 nitrogen and oxygen atoms in total. The van der Waals surface area contributed by atoms with Crippen LogP contribution in [0.5, 0.6) is 0 Å². The van der Waals surface area contributed by atoms with Crippen molar-refractivity contribution in [2.24, 2.45) is 0 Å². The second-order valence-electron chi connectivity index (χ2n) is 15.4. The first-order valence-corrected chi connectivity index (χ1v) is 19.5. The molecule has 0 unspecified atom stereocenters. The third kappa shape index (κ3) is 5.90. The fourth-order valence-corrected chi connectivity index (χ4v) is 8.78. The molecule has 0 spiro atoms. The molecule has 0 saturated carbocycles. The summed E-state index contributed by atoms with van der Waals surface area (Å²) in [6.07, 6.45) is 0. The summed E-state index contributed by atoms with van der Waals surface area (Å²) in [5, 5.41) is 2.52. The molecule has 1 aliphatic rings. The minimum atomic E-state index is -0.126. The van der Waals surface area contributed by atoms with Gasteiger partial charge in [0.1, 0.15) is 0 Å². The van der Waals surface area contributed by atoms with E-state index in [9.17, 15) is 0 Å². The van der Waals surface area contributed by atoms with Crippen LogP contribution in [0, 0.1) is 0 Å². The molecule has 1 heteroatoms. The van der Waals surface area contributed by atoms with Crippen molar-refractivity contribution in [1.82, 2.24) is 0 Å². The van der Waals surface area contributed by atoms with Crippen LogP contribution in [0.1, 0.15) is 25.0 Å². The topological polar surface area (TPSA) is 3.24 Å². The zero-order valence-corrected chi connectivity index (χ0v) is 31.7. The largest absolute Gasteiger partial charge is 0.310 e. The fraction of sp³-hybridized carbons (Fsp3) is 0.0545. The second-order valence-corrected chi connectivity index (χ2v) is 15.4. The molecule has 0 aromatic heterocycles. The number of rotatable bonds is 7. The number of anilines is 3. The van der Waals surface area contributed by atoms with Gasteiger partial charge in [-0.1, -0.05) is 178 Å². The van der Waals surface area contributed by atoms with Gasteiger partial charge in [-0.2, -0.15) is 0 Å². The van der Waals surface area contributed by atoms with Crippen molar-refractivity contribution in [2.75, 3.05) is 4.90 Å². The highest BCUT2D eigenvalue weighted by Crippen LogP contribution is 2.51. The standard InChI is InChI=1S/C55H41N/c1-55(2)53-29-12-11-27-51(53)52-31-30-47(37-54(52)55)56(48-35-44(38-16-5-3-6-17-38)33-45(36-48)39-18-7-4-8-19-39)46-25-14-23-42(34-46)41-22-13-24-43(32-41)50-28-15-21-40-20-9-10-26-49(40)50/h3-37H,1-2H3. The molecule has 0 fully saturated rings. The lowest BCUT2D eigenvalue weighted by molar-refractivity contribution is 0.660. The molecule has 9 aromatic carbocycles. The highest BCUT2D eigenvalue weighted by atomic mass is 15.1. The van der Waals surface area contributed by atoms with E-state index < -0.39 is 0 Å². The molecule has 0 saturated heterocycles. The molecule has 9 aromatic rings. The Kier molecular flexibility index (Phi) is 8.23. The van der Waals surface area contributed by atoms with E-state index in [2.05, 4.69) is 231 Å². The van der Waals surface area contributed by atoms with Crippen molar-refractivity contribution in [3.8, 4) is 55.6 Å². The highest BCUT2D eigenvalue weighted by molar-refractivity contribution is 5.97. The van der Waals surface area contributed by atoms with Crippen LogP contribution in [-0.2, 0) is 5.41 Å². The van der Waals surface area contributed by atoms with E-state index in [-0.39, 0.29) is 5.41 Å². The van der Waals surface area contributed by atoms with Crippen LogP contribution in [0.2, 0.25) is 0 Å². The van der Waals surface area contributed by atoms with Crippen LogP contribution in [0.15, 0.2) is 212 Å². The summed E-state index contributed by atoms with van der Waals surface area (Å²) < 4.78 is 0. The van der Waals surface area contributed by atoms with E-state index in [1.165, 1.54) is 77.5 Å². The first kappa shape index (κ1) is 33.6. The third-order valence-electron chi connectivity index (χ3n) is 11.6. The molecule has 266 valence electrons. The summed E-state index contributed by atoms with van der Waals surface area (Å²) >= 11 is 0. The lowest BCUT2D eigenvalue weighted by Crippen LogP contribution is -2.16. The van der Waals surface area contributed by atoms with Gasteiger partial charge in [-0.05, 0) is 126 Å². The Morgan fingerprint density at radius 1 is 0.304 bits per heavy atom. The van der Waals surface area contributed by atoms with E-state index >= 15 is 0 Å². The van der Waals surface area contributed by atoms with Gasteiger partial charge in [-0.15, -0.1) is 0 Å². The molecule has 0 bridgehead atoms. The first-order valence-electron chi connectivity index (χ1n) is 19.5. The number of hydrogen-bond acceptors (Lipinski definition) is 1. The van der Waals surface area contributed by atoms with Crippen molar-refractivity contribution in [2.45, 2.75) is 19.3 Å². The lowest BCUT2D eigenvalue weighted by Gasteiger charge is -2.29. The van der Waals surface area contributed by atoms with E-state index in [0.29, 0.717) is 0 Å². The zero-order valence-electron chi connectivity index (χ0n) is 31.7. The Hall–Kier alpha value is -6.96. The van der Waals surface area contributed by atoms with E-state index in [4.69, 9.17) is 0 Å². The van der Waals surface area contributed by atoms with Gasteiger partial charge in [0.05, 0.1) is 0 Å². The van der Waals surface area contributed by atoms with Gasteiger partial charge >= 0.3 is 0 Å². The third-order valence-corrected chi connectivity index (χ3v) is 11.6. The number of hydrogen-bond donors (Lipinski definition) is 0. The zero-order chi connectivity index (χ0) is 37.6. The summed E-state index contributed by atoms with van der Waals surface area (Å²) in [4.78, 5) is 2.45. The predicted octanol–water partition coefficient (Wildman–Crippen LogP) is 15.3. The summed E-state index contributed by atoms with van der Waals surface area (Å²) in [6.45, 7) is 4.72. The minimum Gasteiger partial charge on any atom is -0.310 e. The Morgan fingerprint density at radius 3 is 1.57 bits per heavy atom. The maximum atomic E-state index is 2.45. The molecule has 0 amide bonds. The van der Waals surface area contributed by atoms with Crippen molar-refractivity contribution in [1.29, 1.82) is 0 Å². The maximum absolute atomic E-state index is 2.45. The van der Waals surface area contributed by atoms with Gasteiger partial charge in [0, 0.05) is 22.5 Å². The Morgan fingerprint density at radius 2 is 0.804 bits per heavy atom. The van der Waals surface area contributed by atoms with Gasteiger partial charge in [0.15, 0.2) is 0 Å². The first-order chi connectivity index (χ1) is 27.5. The van der Waals surface area contributed by atoms with E-state index in [1.54, 1.807) is 0 Å². The molecule has 0 aliphatic heterocycles. The molecular formula is C55H41N. The highest BCUT2D eigenvalue weighted by Gasteiger charge is 2.35. The summed E-state index contributed by atoms with van der Waals surface area (Å²) in [7, 11) is 0. The van der Waals surface area contributed by atoms with E-state index in [0.717, 1.165) is 17.1 Å². The van der Waals surface area contributed by atoms with Crippen LogP contribution in [-0.4, -0.2) is 0 Å². The summed E-state index contributed by atoms with van der Waals surface area (Å²) in [5.41, 5.74) is 18.2. The molecular weight excluding hydrogens is 675 g/mol. The normalized spacial score (nSPS) is 12.6. The average molecular weight is 716 g/mol. The number of nitrogens with zero attached hydrogens (tertiary/aromatic N) is 1. The smallest absolute Gasteiger partial charge is 0.0473 e. The van der Waals surface area contributed by atoms with Crippen LogP contribution in [0.3, 0.4) is 0 Å². The van der Waals surface area contributed by atoms with Gasteiger partial charge < -0.3 is 4.90 Å². The Bertz CT molecular complexity index is 2820. The van der Waals surface area contributed by atoms with Gasteiger partial charge in [-0.3, -0.25) is 0 Å². The number of benzene rings is 9. The minimum absolute atomic E-state index is 0.126. The van der Waals surface area contributed by atoms with Crippen molar-refractivity contribution >= 4 is 27.8 Å². The molecule has 1 aliphatic carbocycles. The van der Waals surface area contributed by atoms with Crippen molar-refractivity contribution in [3.63, 3.8) is 0 Å². The fourth-order valence-electron chi connectivity index (χ4n) is 8.78. The van der Waals surface area contributed by atoms with Crippen LogP contribution in [0.4, 0.5) is 17.1 Å². The lowest BCUT2D eigenvalue weighted by atomic mass is 9.82. The molecule has 0 atom stereocenters. The number of fused-ring (bicyclic) bond motifs is 4. The van der Waals surface area contributed by atoms with Crippen LogP contribution in [0.25, 0.3) is 66.4 Å². The molecule has 56 heavy (non-hydrogen) atoms. The van der Waals surface area contributed by atoms with Crippen LogP contribution >= 0.6 is 0 Å². The predicted molar refractivity (Wildman–Crippen MR) is 238 cm³/mol. The quantitative estimate of drug-likeness (QED) is 0.159. The Labute approximate surface area is 329 Å². The molecule has 0 N–H and O–H groups in total. The Balaban J connectivity index is 1.16. The maximum Gasteiger partial charge on any atom is 0.0473 e. The van der Waals surface area contributed by atoms with Crippen LogP contribution < -0.4 is 4.90 Å². The second kappa shape index (κ2) is 13.7. The monoisotopic (exact) mass is 715 g/mol. The molecule has 0 radical (unpaired) electrons. The van der Waals surface area contributed by atoms with E-state index in [1.807, 2.05) is 0 Å². The molecule has 10 rings (SSSR count). The summed E-state index contributed by atoms with van der Waals surface area (Å²) in [6, 6.07) is 77.7. The van der Waals surface area contributed by atoms with Crippen molar-refractivity contribution in [3.05, 3.63) is 223 Å². The molecule has 0 heterocycles. The summed E-state index contributed by atoms with van der Waals surface area (Å²) in [5.74, 6) is 0. The SMILES string of the molecule is CC1(C)c2ccccc2-c2ccc(N(c3cccc(-c4cccc(-c5cccc6ccccc56)c4)c3)c3cc(-c4ccccc4)cc(-c4ccccc4)c3)cc21. The van der Waals surface area contributed by atoms with Crippen molar-refractivity contribution < 1.29 is 0 Å². The average Bonchev–Trinajstić information content (AvgIpc) is 3.49. The van der Waals surface area contributed by atoms with Gasteiger partial charge in [0.25, 0.3) is 0 Å².